The first-order valence-electron chi connectivity index (χ1n) is 10.7. The van der Waals surface area contributed by atoms with Crippen LogP contribution in [0.1, 0.15) is 11.1 Å². The van der Waals surface area contributed by atoms with Gasteiger partial charge in [-0.2, -0.15) is 0 Å². The Labute approximate surface area is 200 Å². The van der Waals surface area contributed by atoms with Crippen LogP contribution in [-0.4, -0.2) is 60.3 Å². The molecule has 0 aliphatic heterocycles. The molecule has 10 heteroatoms. The molecular weight excluding hydrogens is 476 g/mol. The number of benzene rings is 2. The molecule has 0 fully saturated rings. The zero-order valence-electron chi connectivity index (χ0n) is 20.1. The fourth-order valence-electron chi connectivity index (χ4n) is 4.19. The smallest absolute Gasteiger partial charge is 0.377 e. The third kappa shape index (κ3) is 5.29. The number of rotatable bonds is 12. The zero-order valence-corrected chi connectivity index (χ0v) is 22.9. The maximum Gasteiger partial charge on any atom is 0.500 e. The highest BCUT2D eigenvalue weighted by Crippen LogP contribution is 2.31. The van der Waals surface area contributed by atoms with Gasteiger partial charge >= 0.3 is 17.6 Å². The van der Waals surface area contributed by atoms with E-state index in [-0.39, 0.29) is 5.43 Å². The lowest BCUT2D eigenvalue weighted by atomic mass is 10.0. The molecule has 3 rings (SSSR count). The Bertz CT molecular complexity index is 1040. The largest absolute Gasteiger partial charge is 0.500 e. The Morgan fingerprint density at radius 2 is 1.00 bits per heavy atom. The molecular formula is C23H32O7SSi2. The molecule has 33 heavy (non-hydrogen) atoms. The highest BCUT2D eigenvalue weighted by Gasteiger charge is 2.38. The summed E-state index contributed by atoms with van der Waals surface area (Å²) in [6.07, 6.45) is 1.25. The van der Waals surface area contributed by atoms with Gasteiger partial charge in [0, 0.05) is 74.9 Å². The summed E-state index contributed by atoms with van der Waals surface area (Å²) in [6, 6.07) is 13.2. The minimum atomic E-state index is -2.75. The molecule has 0 aliphatic carbocycles. The van der Waals surface area contributed by atoms with E-state index < -0.39 is 17.6 Å². The molecule has 3 aromatic rings. The van der Waals surface area contributed by atoms with Crippen LogP contribution in [0.25, 0.3) is 20.2 Å². The van der Waals surface area contributed by atoms with E-state index in [0.717, 1.165) is 31.3 Å². The van der Waals surface area contributed by atoms with Gasteiger partial charge in [-0.1, -0.05) is 24.3 Å². The molecule has 0 N–H and O–H groups in total. The fraction of sp³-hybridized carbons (Fsp3) is 0.435. The maximum absolute atomic E-state index is 13.8. The van der Waals surface area contributed by atoms with Gasteiger partial charge in [0.25, 0.3) is 0 Å². The van der Waals surface area contributed by atoms with Crippen LogP contribution in [-0.2, 0) is 39.4 Å². The first kappa shape index (κ1) is 26.1. The SMILES string of the molecule is CO[Si](CCc1cccc2sc3cccc(CC[Si](OC)(OC)OC)c3c(=O)c12)(OC)OC. The van der Waals surface area contributed by atoms with E-state index in [1.165, 1.54) is 0 Å². The molecule has 2 aromatic carbocycles. The van der Waals surface area contributed by atoms with E-state index in [0.29, 0.717) is 24.9 Å². The molecule has 180 valence electrons. The molecule has 0 amide bonds. The first-order chi connectivity index (χ1) is 15.9. The summed E-state index contributed by atoms with van der Waals surface area (Å²) in [5.41, 5.74) is 2.00. The molecule has 0 aliphatic rings. The standard InChI is InChI=1S/C23H32O7SSi2/c1-25-32(26-2,27-3)15-13-17-9-7-11-19-21(17)23(24)22-18(10-8-12-20(22)31-19)14-16-33(28-4,29-5)30-6/h7-12H,13-16H2,1-6H3. The van der Waals surface area contributed by atoms with E-state index in [9.17, 15) is 4.79 Å². The van der Waals surface area contributed by atoms with Gasteiger partial charge in [0.1, 0.15) is 0 Å². The number of hydrogen-bond acceptors (Lipinski definition) is 8. The predicted molar refractivity (Wildman–Crippen MR) is 136 cm³/mol. The Morgan fingerprint density at radius 3 is 1.33 bits per heavy atom. The number of hydrogen-bond donors (Lipinski definition) is 0. The molecule has 0 unspecified atom stereocenters. The summed E-state index contributed by atoms with van der Waals surface area (Å²) in [7, 11) is 4.12. The normalized spacial score (nSPS) is 12.7. The average molecular weight is 509 g/mol. The van der Waals surface area contributed by atoms with Gasteiger partial charge in [-0.25, -0.2) is 0 Å². The molecule has 7 nitrogen and oxygen atoms in total. The van der Waals surface area contributed by atoms with E-state index >= 15 is 0 Å². The van der Waals surface area contributed by atoms with E-state index in [1.54, 1.807) is 54.0 Å². The minimum Gasteiger partial charge on any atom is -0.377 e. The van der Waals surface area contributed by atoms with Gasteiger partial charge in [0.15, 0.2) is 5.43 Å². The van der Waals surface area contributed by atoms with Crippen LogP contribution in [0.15, 0.2) is 41.2 Å². The summed E-state index contributed by atoms with van der Waals surface area (Å²) in [4.78, 5) is 13.8. The van der Waals surface area contributed by atoms with Crippen molar-refractivity contribution in [2.75, 3.05) is 42.7 Å². The average Bonchev–Trinajstić information content (AvgIpc) is 2.86. The summed E-state index contributed by atoms with van der Waals surface area (Å²) in [5, 5.41) is 1.50. The lowest BCUT2D eigenvalue weighted by Gasteiger charge is -2.24. The highest BCUT2D eigenvalue weighted by molar-refractivity contribution is 7.24. The number of fused-ring (bicyclic) bond motifs is 2. The van der Waals surface area contributed by atoms with E-state index in [4.69, 9.17) is 26.6 Å². The van der Waals surface area contributed by atoms with Crippen molar-refractivity contribution in [2.45, 2.75) is 24.9 Å². The molecule has 0 bridgehead atoms. The van der Waals surface area contributed by atoms with Crippen LogP contribution in [0.5, 0.6) is 0 Å². The van der Waals surface area contributed by atoms with Gasteiger partial charge in [-0.3, -0.25) is 4.79 Å². The van der Waals surface area contributed by atoms with Crippen molar-refractivity contribution < 1.29 is 26.6 Å². The maximum atomic E-state index is 13.8. The van der Waals surface area contributed by atoms with Crippen LogP contribution in [0.3, 0.4) is 0 Å². The number of aryl methyl sites for hydroxylation is 2. The third-order valence-corrected chi connectivity index (χ3v) is 12.7. The van der Waals surface area contributed by atoms with Crippen LogP contribution < -0.4 is 5.43 Å². The monoisotopic (exact) mass is 508 g/mol. The molecule has 0 radical (unpaired) electrons. The fourth-order valence-corrected chi connectivity index (χ4v) is 8.74. The van der Waals surface area contributed by atoms with Gasteiger partial charge in [-0.15, -0.1) is 11.3 Å². The summed E-state index contributed by atoms with van der Waals surface area (Å²) < 4.78 is 35.4. The quantitative estimate of drug-likeness (QED) is 0.267. The Hall–Kier alpha value is -1.48. The van der Waals surface area contributed by atoms with Crippen LogP contribution in [0, 0.1) is 0 Å². The molecule has 1 heterocycles. The zero-order chi connectivity index (χ0) is 24.1. The second-order valence-corrected chi connectivity index (χ2v) is 14.9. The topological polar surface area (TPSA) is 72.5 Å². The molecule has 0 saturated carbocycles. The molecule has 1 aromatic heterocycles. The predicted octanol–water partition coefficient (Wildman–Crippen LogP) is 4.26. The third-order valence-electron chi connectivity index (χ3n) is 6.17. The van der Waals surface area contributed by atoms with E-state index in [1.807, 2.05) is 36.4 Å². The van der Waals surface area contributed by atoms with Crippen LogP contribution >= 0.6 is 11.3 Å². The van der Waals surface area contributed by atoms with Crippen molar-refractivity contribution in [2.24, 2.45) is 0 Å². The molecule has 0 spiro atoms. The summed E-state index contributed by atoms with van der Waals surface area (Å²) >= 11 is 1.63. The van der Waals surface area contributed by atoms with Gasteiger partial charge in [0.2, 0.25) is 0 Å². The van der Waals surface area contributed by atoms with Crippen molar-refractivity contribution in [1.29, 1.82) is 0 Å². The molecule has 0 saturated heterocycles. The van der Waals surface area contributed by atoms with Crippen LogP contribution in [0.4, 0.5) is 0 Å². The second-order valence-electron chi connectivity index (χ2n) is 7.60. The van der Waals surface area contributed by atoms with Crippen molar-refractivity contribution in [3.05, 3.63) is 57.7 Å². The lowest BCUT2D eigenvalue weighted by molar-refractivity contribution is 0.123. The van der Waals surface area contributed by atoms with Crippen molar-refractivity contribution in [3.63, 3.8) is 0 Å². The molecule has 0 atom stereocenters. The van der Waals surface area contributed by atoms with Crippen molar-refractivity contribution in [1.82, 2.24) is 0 Å². The van der Waals surface area contributed by atoms with E-state index in [2.05, 4.69) is 0 Å². The highest BCUT2D eigenvalue weighted by atomic mass is 32.1. The summed E-state index contributed by atoms with van der Waals surface area (Å²) in [6.45, 7) is 0. The van der Waals surface area contributed by atoms with Gasteiger partial charge in [0.05, 0.1) is 0 Å². The Kier molecular flexibility index (Phi) is 8.95. The van der Waals surface area contributed by atoms with Crippen LogP contribution in [0.2, 0.25) is 12.1 Å². The lowest BCUT2D eigenvalue weighted by Crippen LogP contribution is -2.43. The van der Waals surface area contributed by atoms with Gasteiger partial charge < -0.3 is 26.6 Å². The Balaban J connectivity index is 2.07. The summed E-state index contributed by atoms with van der Waals surface area (Å²) in [5.74, 6) is 0. The Morgan fingerprint density at radius 1 is 0.636 bits per heavy atom. The van der Waals surface area contributed by atoms with Crippen molar-refractivity contribution in [3.8, 4) is 0 Å². The van der Waals surface area contributed by atoms with Gasteiger partial charge in [-0.05, 0) is 36.1 Å². The minimum absolute atomic E-state index is 0.0454. The van der Waals surface area contributed by atoms with Crippen molar-refractivity contribution >= 4 is 49.1 Å². The second kappa shape index (κ2) is 11.3. The first-order valence-corrected chi connectivity index (χ1v) is 15.4.